The van der Waals surface area contributed by atoms with E-state index in [0.717, 1.165) is 24.3 Å². The van der Waals surface area contributed by atoms with E-state index in [1.54, 1.807) is 7.05 Å². The minimum atomic E-state index is -0.451. The summed E-state index contributed by atoms with van der Waals surface area (Å²) in [4.78, 5) is 18.7. The van der Waals surface area contributed by atoms with E-state index >= 15 is 0 Å². The number of hydrogen-bond donors (Lipinski definition) is 2. The van der Waals surface area contributed by atoms with Crippen LogP contribution in [0.5, 0.6) is 0 Å². The topological polar surface area (TPSA) is 56.7 Å². The fraction of sp³-hybridized carbons (Fsp3) is 0.889. The molecule has 2 N–H and O–H groups in total. The number of carbonyl (C=O) groups is 1. The van der Waals surface area contributed by atoms with E-state index < -0.39 is 5.41 Å². The number of nitrogens with zero attached hydrogens (tertiary/aromatic N) is 2. The van der Waals surface area contributed by atoms with Gasteiger partial charge in [0.1, 0.15) is 0 Å². The summed E-state index contributed by atoms with van der Waals surface area (Å²) < 4.78 is 0. The molecule has 1 saturated carbocycles. The Morgan fingerprint density at radius 3 is 2.35 bits per heavy atom. The Morgan fingerprint density at radius 2 is 1.83 bits per heavy atom. The Kier molecular flexibility index (Phi) is 7.86. The summed E-state index contributed by atoms with van der Waals surface area (Å²) >= 11 is 0. The van der Waals surface area contributed by atoms with E-state index in [0.29, 0.717) is 13.1 Å². The van der Waals surface area contributed by atoms with Crippen molar-refractivity contribution in [2.24, 2.45) is 22.2 Å². The van der Waals surface area contributed by atoms with Crippen molar-refractivity contribution in [3.63, 3.8) is 0 Å². The van der Waals surface area contributed by atoms with Crippen molar-refractivity contribution in [1.29, 1.82) is 0 Å². The van der Waals surface area contributed by atoms with Crippen LogP contribution in [0.3, 0.4) is 0 Å². The highest BCUT2D eigenvalue weighted by Gasteiger charge is 2.28. The van der Waals surface area contributed by atoms with Crippen LogP contribution in [0, 0.1) is 17.3 Å². The lowest BCUT2D eigenvalue weighted by Crippen LogP contribution is -2.49. The molecule has 23 heavy (non-hydrogen) atoms. The molecule has 0 unspecified atom stereocenters. The number of amides is 1. The average Bonchev–Trinajstić information content (AvgIpc) is 2.50. The Bertz CT molecular complexity index is 398. The van der Waals surface area contributed by atoms with Crippen molar-refractivity contribution in [3.8, 4) is 0 Å². The average molecular weight is 325 g/mol. The molecule has 0 aliphatic heterocycles. The molecule has 0 atom stereocenters. The van der Waals surface area contributed by atoms with Crippen LogP contribution in [0.2, 0.25) is 0 Å². The van der Waals surface area contributed by atoms with E-state index in [9.17, 15) is 4.79 Å². The van der Waals surface area contributed by atoms with Crippen molar-refractivity contribution in [2.45, 2.75) is 53.4 Å². The Balaban J connectivity index is 2.48. The maximum Gasteiger partial charge on any atom is 0.227 e. The molecule has 1 rings (SSSR count). The lowest BCUT2D eigenvalue weighted by atomic mass is 9.83. The van der Waals surface area contributed by atoms with Crippen LogP contribution < -0.4 is 10.6 Å². The van der Waals surface area contributed by atoms with Gasteiger partial charge in [0.25, 0.3) is 0 Å². The van der Waals surface area contributed by atoms with E-state index in [1.165, 1.54) is 25.7 Å². The zero-order chi connectivity index (χ0) is 17.5. The van der Waals surface area contributed by atoms with Crippen molar-refractivity contribution >= 4 is 11.9 Å². The third-order valence-electron chi connectivity index (χ3n) is 4.88. The molecule has 0 radical (unpaired) electrons. The molecular weight excluding hydrogens is 288 g/mol. The zero-order valence-corrected chi connectivity index (χ0v) is 15.9. The second-order valence-electron chi connectivity index (χ2n) is 7.65. The van der Waals surface area contributed by atoms with Crippen molar-refractivity contribution in [1.82, 2.24) is 15.5 Å². The molecule has 134 valence electrons. The van der Waals surface area contributed by atoms with Crippen LogP contribution >= 0.6 is 0 Å². The van der Waals surface area contributed by atoms with Crippen molar-refractivity contribution in [3.05, 3.63) is 0 Å². The molecule has 1 aliphatic rings. The lowest BCUT2D eigenvalue weighted by Gasteiger charge is -2.32. The maximum absolute atomic E-state index is 12.1. The van der Waals surface area contributed by atoms with Crippen molar-refractivity contribution < 1.29 is 4.79 Å². The minimum Gasteiger partial charge on any atom is -0.356 e. The first-order chi connectivity index (χ1) is 10.8. The van der Waals surface area contributed by atoms with Crippen LogP contribution in [0.15, 0.2) is 4.99 Å². The van der Waals surface area contributed by atoms with Gasteiger partial charge in [-0.2, -0.15) is 0 Å². The molecule has 1 amide bonds. The molecule has 0 aromatic rings. The molecule has 1 aliphatic carbocycles. The zero-order valence-electron chi connectivity index (χ0n) is 15.9. The first kappa shape index (κ1) is 19.8. The minimum absolute atomic E-state index is 0.0758. The van der Waals surface area contributed by atoms with Gasteiger partial charge >= 0.3 is 0 Å². The Labute approximate surface area is 142 Å². The molecule has 0 heterocycles. The van der Waals surface area contributed by atoms with Gasteiger partial charge in [-0.1, -0.05) is 19.8 Å². The molecule has 0 aromatic heterocycles. The van der Waals surface area contributed by atoms with Crippen LogP contribution in [0.25, 0.3) is 0 Å². The Hall–Kier alpha value is -1.26. The molecule has 5 heteroatoms. The normalized spacial score (nSPS) is 22.6. The summed E-state index contributed by atoms with van der Waals surface area (Å²) in [6, 6.07) is 0. The summed E-state index contributed by atoms with van der Waals surface area (Å²) in [5, 5.41) is 6.26. The van der Waals surface area contributed by atoms with Gasteiger partial charge in [-0.3, -0.25) is 9.79 Å². The van der Waals surface area contributed by atoms with Gasteiger partial charge in [-0.15, -0.1) is 0 Å². The summed E-state index contributed by atoms with van der Waals surface area (Å²) in [6.07, 6.45) is 5.31. The smallest absolute Gasteiger partial charge is 0.227 e. The predicted molar refractivity (Wildman–Crippen MR) is 97.6 cm³/mol. The predicted octanol–water partition coefficient (Wildman–Crippen LogP) is 2.48. The number of rotatable bonds is 6. The first-order valence-electron chi connectivity index (χ1n) is 9.00. The SMILES string of the molecule is CCNC(=O)C(C)(C)CNC(=NC)N(C)CC1CCC(C)CC1. The van der Waals surface area contributed by atoms with Gasteiger partial charge in [0.15, 0.2) is 5.96 Å². The van der Waals surface area contributed by atoms with E-state index in [4.69, 9.17) is 0 Å². The van der Waals surface area contributed by atoms with Gasteiger partial charge in [-0.25, -0.2) is 0 Å². The molecule has 0 bridgehead atoms. The highest BCUT2D eigenvalue weighted by atomic mass is 16.2. The van der Waals surface area contributed by atoms with Gasteiger partial charge in [-0.05, 0) is 45.4 Å². The molecular formula is C18H36N4O. The lowest BCUT2D eigenvalue weighted by molar-refractivity contribution is -0.128. The molecule has 5 nitrogen and oxygen atoms in total. The summed E-state index contributed by atoms with van der Waals surface area (Å²) in [5.41, 5.74) is -0.451. The van der Waals surface area contributed by atoms with Crippen LogP contribution in [0.1, 0.15) is 53.4 Å². The maximum atomic E-state index is 12.1. The van der Waals surface area contributed by atoms with E-state index in [2.05, 4.69) is 34.5 Å². The first-order valence-corrected chi connectivity index (χ1v) is 9.00. The number of aliphatic imine (C=N–C) groups is 1. The van der Waals surface area contributed by atoms with Crippen LogP contribution in [-0.2, 0) is 4.79 Å². The number of hydrogen-bond acceptors (Lipinski definition) is 2. The fourth-order valence-electron chi connectivity index (χ4n) is 3.15. The number of guanidine groups is 1. The molecule has 0 aromatic carbocycles. The standard InChI is InChI=1S/C18H36N4O/c1-7-20-16(23)18(3,4)13-21-17(19-5)22(6)12-15-10-8-14(2)9-11-15/h14-15H,7-13H2,1-6H3,(H,19,21)(H,20,23). The second-order valence-corrected chi connectivity index (χ2v) is 7.65. The van der Waals surface area contributed by atoms with Crippen LogP contribution in [-0.4, -0.2) is 50.5 Å². The summed E-state index contributed by atoms with van der Waals surface area (Å²) in [5.74, 6) is 2.59. The van der Waals surface area contributed by atoms with Crippen LogP contribution in [0.4, 0.5) is 0 Å². The molecule has 0 spiro atoms. The van der Waals surface area contributed by atoms with E-state index in [1.807, 2.05) is 20.8 Å². The van der Waals surface area contributed by atoms with E-state index in [-0.39, 0.29) is 5.91 Å². The summed E-state index contributed by atoms with van der Waals surface area (Å²) in [7, 11) is 3.90. The molecule has 0 saturated heterocycles. The fourth-order valence-corrected chi connectivity index (χ4v) is 3.15. The van der Waals surface area contributed by atoms with Gasteiger partial charge in [0.2, 0.25) is 5.91 Å². The quantitative estimate of drug-likeness (QED) is 0.583. The summed E-state index contributed by atoms with van der Waals surface area (Å²) in [6.45, 7) is 10.5. The third-order valence-corrected chi connectivity index (χ3v) is 4.88. The van der Waals surface area contributed by atoms with Gasteiger partial charge < -0.3 is 15.5 Å². The highest BCUT2D eigenvalue weighted by Crippen LogP contribution is 2.28. The third kappa shape index (κ3) is 6.40. The highest BCUT2D eigenvalue weighted by molar-refractivity contribution is 5.84. The second kappa shape index (κ2) is 9.14. The van der Waals surface area contributed by atoms with Gasteiger partial charge in [0, 0.05) is 33.7 Å². The number of nitrogens with one attached hydrogen (secondary N) is 2. The number of carbonyl (C=O) groups excluding carboxylic acids is 1. The molecule has 1 fully saturated rings. The van der Waals surface area contributed by atoms with Crippen molar-refractivity contribution in [2.75, 3.05) is 33.7 Å². The van der Waals surface area contributed by atoms with Gasteiger partial charge in [0.05, 0.1) is 5.41 Å². The Morgan fingerprint density at radius 1 is 1.22 bits per heavy atom. The monoisotopic (exact) mass is 324 g/mol. The largest absolute Gasteiger partial charge is 0.356 e.